The maximum atomic E-state index is 12.8. The number of nitrogens with one attached hydrogen (secondary N) is 1. The van der Waals surface area contributed by atoms with Crippen LogP contribution in [-0.2, 0) is 17.9 Å². The summed E-state index contributed by atoms with van der Waals surface area (Å²) in [5, 5.41) is 4.50. The van der Waals surface area contributed by atoms with E-state index in [9.17, 15) is 4.79 Å². The van der Waals surface area contributed by atoms with Crippen LogP contribution >= 0.6 is 0 Å². The first-order valence-corrected chi connectivity index (χ1v) is 11.5. The van der Waals surface area contributed by atoms with Crippen molar-refractivity contribution in [1.82, 2.24) is 9.88 Å². The molecule has 5 rings (SSSR count). The number of aryl methyl sites for hydroxylation is 1. The molecule has 4 aromatic rings. The van der Waals surface area contributed by atoms with Crippen LogP contribution < -0.4 is 10.2 Å². The van der Waals surface area contributed by atoms with Gasteiger partial charge >= 0.3 is 0 Å². The number of anilines is 2. The third-order valence-electron chi connectivity index (χ3n) is 6.26. The van der Waals surface area contributed by atoms with Crippen molar-refractivity contribution in [2.75, 3.05) is 30.4 Å². The molecule has 1 aliphatic heterocycles. The zero-order valence-corrected chi connectivity index (χ0v) is 19.5. The minimum atomic E-state index is -0.0844. The highest BCUT2D eigenvalue weighted by molar-refractivity contribution is 5.91. The molecule has 2 aromatic carbocycles. The molecule has 172 valence electrons. The second-order valence-electron chi connectivity index (χ2n) is 8.63. The minimum Gasteiger partial charge on any atom is -0.459 e. The standard InChI is InChI=1S/C28H28N4O2/c1-20-24-10-6-7-11-25(24)34-26(20)19-31(2)27(33)13-12-21-16-22-18-32(23-8-4-3-5-9-23)15-14-29-28(22)30-17-21/h3-13,16-17H,14-15,18-19H2,1-2H3,(H,29,30)/b13-12+. The molecule has 1 N–H and O–H groups in total. The average molecular weight is 453 g/mol. The average Bonchev–Trinajstić information content (AvgIpc) is 3.04. The third kappa shape index (κ3) is 4.53. The van der Waals surface area contributed by atoms with Crippen LogP contribution in [0, 0.1) is 6.92 Å². The number of pyridine rings is 1. The van der Waals surface area contributed by atoms with Gasteiger partial charge in [0.1, 0.15) is 17.2 Å². The summed E-state index contributed by atoms with van der Waals surface area (Å²) < 4.78 is 5.96. The van der Waals surface area contributed by atoms with Crippen molar-refractivity contribution in [2.24, 2.45) is 0 Å². The van der Waals surface area contributed by atoms with Crippen LogP contribution in [0.1, 0.15) is 22.5 Å². The molecule has 0 bridgehead atoms. The molecule has 0 aliphatic carbocycles. The smallest absolute Gasteiger partial charge is 0.246 e. The topological polar surface area (TPSA) is 61.6 Å². The molecular weight excluding hydrogens is 424 g/mol. The summed E-state index contributed by atoms with van der Waals surface area (Å²) in [7, 11) is 1.79. The number of aromatic nitrogens is 1. The van der Waals surface area contributed by atoms with Crippen molar-refractivity contribution in [2.45, 2.75) is 20.0 Å². The van der Waals surface area contributed by atoms with E-state index in [0.29, 0.717) is 6.54 Å². The Morgan fingerprint density at radius 2 is 1.97 bits per heavy atom. The molecule has 0 atom stereocenters. The van der Waals surface area contributed by atoms with E-state index in [2.05, 4.69) is 45.5 Å². The van der Waals surface area contributed by atoms with Crippen molar-refractivity contribution in [3.63, 3.8) is 0 Å². The SMILES string of the molecule is Cc1c(CN(C)C(=O)/C=C/c2cnc3c(c2)CN(c2ccccc2)CCN3)oc2ccccc12. The highest BCUT2D eigenvalue weighted by Gasteiger charge is 2.16. The number of rotatable bonds is 5. The van der Waals surface area contributed by atoms with Crippen molar-refractivity contribution >= 4 is 34.5 Å². The zero-order valence-electron chi connectivity index (χ0n) is 19.5. The predicted molar refractivity (Wildman–Crippen MR) is 137 cm³/mol. The summed E-state index contributed by atoms with van der Waals surface area (Å²) in [5.41, 5.74) is 5.13. The number of hydrogen-bond donors (Lipinski definition) is 1. The van der Waals surface area contributed by atoms with Crippen LogP contribution in [0.25, 0.3) is 17.0 Å². The van der Waals surface area contributed by atoms with Crippen LogP contribution in [0.2, 0.25) is 0 Å². The molecule has 6 nitrogen and oxygen atoms in total. The molecule has 0 saturated heterocycles. The van der Waals surface area contributed by atoms with Crippen LogP contribution in [0.3, 0.4) is 0 Å². The summed E-state index contributed by atoms with van der Waals surface area (Å²) in [4.78, 5) is 21.4. The predicted octanol–water partition coefficient (Wildman–Crippen LogP) is 5.24. The Morgan fingerprint density at radius 1 is 1.18 bits per heavy atom. The number of carbonyl (C=O) groups is 1. The van der Waals surface area contributed by atoms with Gasteiger partial charge in [0.15, 0.2) is 0 Å². The fourth-order valence-corrected chi connectivity index (χ4v) is 4.32. The van der Waals surface area contributed by atoms with E-state index in [4.69, 9.17) is 4.42 Å². The molecule has 1 amide bonds. The van der Waals surface area contributed by atoms with E-state index in [1.165, 1.54) is 5.69 Å². The van der Waals surface area contributed by atoms with Gasteiger partial charge in [-0.05, 0) is 42.8 Å². The van der Waals surface area contributed by atoms with E-state index in [-0.39, 0.29) is 5.91 Å². The summed E-state index contributed by atoms with van der Waals surface area (Å²) in [5.74, 6) is 1.63. The maximum absolute atomic E-state index is 12.8. The number of amides is 1. The zero-order chi connectivity index (χ0) is 23.5. The Balaban J connectivity index is 1.29. The minimum absolute atomic E-state index is 0.0844. The van der Waals surface area contributed by atoms with E-state index < -0.39 is 0 Å². The number of nitrogens with zero attached hydrogens (tertiary/aromatic N) is 3. The third-order valence-corrected chi connectivity index (χ3v) is 6.26. The molecular formula is C28H28N4O2. The number of hydrogen-bond acceptors (Lipinski definition) is 5. The van der Waals surface area contributed by atoms with Gasteiger partial charge in [-0.3, -0.25) is 4.79 Å². The monoisotopic (exact) mass is 452 g/mol. The largest absolute Gasteiger partial charge is 0.459 e. The van der Waals surface area contributed by atoms with Crippen LogP contribution in [0.15, 0.2) is 77.4 Å². The van der Waals surface area contributed by atoms with Gasteiger partial charge in [0.2, 0.25) is 5.91 Å². The van der Waals surface area contributed by atoms with E-state index in [0.717, 1.165) is 58.9 Å². The summed E-state index contributed by atoms with van der Waals surface area (Å²) in [6.45, 7) is 4.94. The highest BCUT2D eigenvalue weighted by atomic mass is 16.3. The van der Waals surface area contributed by atoms with Crippen molar-refractivity contribution in [3.05, 3.63) is 95.4 Å². The quantitative estimate of drug-likeness (QED) is 0.420. The van der Waals surface area contributed by atoms with Crippen molar-refractivity contribution < 1.29 is 9.21 Å². The number of fused-ring (bicyclic) bond motifs is 2. The van der Waals surface area contributed by atoms with Gasteiger partial charge in [0, 0.05) is 61.2 Å². The van der Waals surface area contributed by atoms with Gasteiger partial charge in [-0.25, -0.2) is 4.98 Å². The highest BCUT2D eigenvalue weighted by Crippen LogP contribution is 2.26. The molecule has 0 unspecified atom stereocenters. The van der Waals surface area contributed by atoms with Crippen LogP contribution in [-0.4, -0.2) is 35.9 Å². The Hall–Kier alpha value is -4.06. The van der Waals surface area contributed by atoms with E-state index in [1.807, 2.05) is 43.3 Å². The molecule has 3 heterocycles. The normalized spacial score (nSPS) is 13.5. The van der Waals surface area contributed by atoms with Gasteiger partial charge < -0.3 is 19.5 Å². The molecule has 1 aliphatic rings. The molecule has 0 fully saturated rings. The number of likely N-dealkylation sites (N-methyl/N-ethyl adjacent to an activating group) is 1. The Bertz CT molecular complexity index is 1340. The van der Waals surface area contributed by atoms with E-state index >= 15 is 0 Å². The van der Waals surface area contributed by atoms with Gasteiger partial charge in [0.05, 0.1) is 6.54 Å². The number of benzene rings is 2. The lowest BCUT2D eigenvalue weighted by atomic mass is 10.1. The van der Waals surface area contributed by atoms with Gasteiger partial charge in [-0.2, -0.15) is 0 Å². The van der Waals surface area contributed by atoms with E-state index in [1.54, 1.807) is 24.2 Å². The molecule has 0 radical (unpaired) electrons. The first kappa shape index (κ1) is 21.8. The van der Waals surface area contributed by atoms with Gasteiger partial charge in [-0.15, -0.1) is 0 Å². The number of para-hydroxylation sites is 2. The number of carbonyl (C=O) groups excluding carboxylic acids is 1. The fraction of sp³-hybridized carbons (Fsp3) is 0.214. The van der Waals surface area contributed by atoms with Crippen LogP contribution in [0.4, 0.5) is 11.5 Å². The first-order chi connectivity index (χ1) is 16.6. The fourth-order valence-electron chi connectivity index (χ4n) is 4.32. The van der Waals surface area contributed by atoms with Gasteiger partial charge in [0.25, 0.3) is 0 Å². The Morgan fingerprint density at radius 3 is 2.79 bits per heavy atom. The number of furan rings is 1. The summed E-state index contributed by atoms with van der Waals surface area (Å²) in [6.07, 6.45) is 5.23. The molecule has 34 heavy (non-hydrogen) atoms. The maximum Gasteiger partial charge on any atom is 0.246 e. The van der Waals surface area contributed by atoms with Crippen LogP contribution in [0.5, 0.6) is 0 Å². The molecule has 2 aromatic heterocycles. The Labute approximate surface area is 199 Å². The Kier molecular flexibility index (Phi) is 6.04. The lowest BCUT2D eigenvalue weighted by Crippen LogP contribution is -2.25. The van der Waals surface area contributed by atoms with Gasteiger partial charge in [-0.1, -0.05) is 36.4 Å². The second-order valence-corrected chi connectivity index (χ2v) is 8.63. The first-order valence-electron chi connectivity index (χ1n) is 11.5. The molecule has 0 saturated carbocycles. The van der Waals surface area contributed by atoms with Crippen molar-refractivity contribution in [1.29, 1.82) is 0 Å². The summed E-state index contributed by atoms with van der Waals surface area (Å²) >= 11 is 0. The second kappa shape index (κ2) is 9.43. The summed E-state index contributed by atoms with van der Waals surface area (Å²) in [6, 6.07) is 20.4. The molecule has 6 heteroatoms. The molecule has 0 spiro atoms. The van der Waals surface area contributed by atoms with Crippen molar-refractivity contribution in [3.8, 4) is 0 Å². The lowest BCUT2D eigenvalue weighted by molar-refractivity contribution is -0.125. The lowest BCUT2D eigenvalue weighted by Gasteiger charge is -2.22.